The van der Waals surface area contributed by atoms with Crippen molar-refractivity contribution in [3.8, 4) is 0 Å². The minimum atomic E-state index is 0.00745. The van der Waals surface area contributed by atoms with Gasteiger partial charge in [0.25, 0.3) is 0 Å². The molecule has 4 nitrogen and oxygen atoms in total. The lowest BCUT2D eigenvalue weighted by atomic mass is 9.96. The summed E-state index contributed by atoms with van der Waals surface area (Å²) in [4.78, 5) is 16.8. The average molecular weight is 268 g/mol. The van der Waals surface area contributed by atoms with Gasteiger partial charge in [-0.25, -0.2) is 0 Å². The first-order valence-corrected chi connectivity index (χ1v) is 7.75. The van der Waals surface area contributed by atoms with Crippen LogP contribution in [0.3, 0.4) is 0 Å². The van der Waals surface area contributed by atoms with Crippen LogP contribution in [0.15, 0.2) is 0 Å². The van der Waals surface area contributed by atoms with E-state index in [1.807, 2.05) is 11.8 Å². The monoisotopic (exact) mass is 268 g/mol. The predicted molar refractivity (Wildman–Crippen MR) is 75.8 cm³/mol. The normalized spacial score (nSPS) is 25.5. The quantitative estimate of drug-likeness (QED) is 0.840. The highest BCUT2D eigenvalue weighted by atomic mass is 16.3. The van der Waals surface area contributed by atoms with Crippen molar-refractivity contribution in [3.05, 3.63) is 0 Å². The van der Waals surface area contributed by atoms with E-state index in [2.05, 4.69) is 11.8 Å². The lowest BCUT2D eigenvalue weighted by molar-refractivity contribution is -0.138. The number of carbonyl (C=O) groups excluding carboxylic acids is 1. The van der Waals surface area contributed by atoms with Gasteiger partial charge in [-0.3, -0.25) is 9.69 Å². The number of hydrogen-bond acceptors (Lipinski definition) is 3. The highest BCUT2D eigenvalue weighted by molar-refractivity contribution is 5.81. The zero-order valence-electron chi connectivity index (χ0n) is 12.3. The van der Waals surface area contributed by atoms with Crippen LogP contribution in [0.1, 0.15) is 39.5 Å². The van der Waals surface area contributed by atoms with Crippen molar-refractivity contribution in [2.45, 2.75) is 45.6 Å². The zero-order valence-corrected chi connectivity index (χ0v) is 12.3. The Morgan fingerprint density at radius 2 is 1.74 bits per heavy atom. The van der Waals surface area contributed by atoms with Crippen LogP contribution >= 0.6 is 0 Å². The van der Waals surface area contributed by atoms with Crippen molar-refractivity contribution in [1.29, 1.82) is 0 Å². The van der Waals surface area contributed by atoms with E-state index in [9.17, 15) is 4.79 Å². The van der Waals surface area contributed by atoms with E-state index in [0.717, 1.165) is 57.8 Å². The number of amides is 1. The fraction of sp³-hybridized carbons (Fsp3) is 0.933. The van der Waals surface area contributed by atoms with Gasteiger partial charge in [0, 0.05) is 19.7 Å². The standard InChI is InChI=1S/C15H28N2O2/c1-12-3-7-17(8-4-12)15(19)13(2)16-9-5-14(11-18)6-10-16/h12-14,18H,3-11H2,1-2H3. The first kappa shape index (κ1) is 14.8. The molecule has 19 heavy (non-hydrogen) atoms. The number of aliphatic hydroxyl groups is 1. The lowest BCUT2D eigenvalue weighted by Gasteiger charge is -2.38. The number of likely N-dealkylation sites (tertiary alicyclic amines) is 2. The van der Waals surface area contributed by atoms with E-state index in [4.69, 9.17) is 5.11 Å². The van der Waals surface area contributed by atoms with Gasteiger partial charge in [-0.1, -0.05) is 6.92 Å². The molecule has 4 heteroatoms. The maximum Gasteiger partial charge on any atom is 0.239 e. The molecule has 2 saturated heterocycles. The van der Waals surface area contributed by atoms with E-state index < -0.39 is 0 Å². The van der Waals surface area contributed by atoms with Gasteiger partial charge in [-0.05, 0) is 57.5 Å². The topological polar surface area (TPSA) is 43.8 Å². The number of aliphatic hydroxyl groups excluding tert-OH is 1. The molecule has 110 valence electrons. The summed E-state index contributed by atoms with van der Waals surface area (Å²) in [6.45, 7) is 8.35. The third-order valence-electron chi connectivity index (χ3n) is 4.91. The third kappa shape index (κ3) is 3.69. The summed E-state index contributed by atoms with van der Waals surface area (Å²) in [5.74, 6) is 1.50. The molecule has 0 aromatic heterocycles. The van der Waals surface area contributed by atoms with Gasteiger partial charge in [-0.2, -0.15) is 0 Å². The Morgan fingerprint density at radius 1 is 1.16 bits per heavy atom. The number of rotatable bonds is 3. The van der Waals surface area contributed by atoms with Crippen molar-refractivity contribution < 1.29 is 9.90 Å². The van der Waals surface area contributed by atoms with Gasteiger partial charge >= 0.3 is 0 Å². The molecule has 0 aliphatic carbocycles. The second-order valence-electron chi connectivity index (χ2n) is 6.35. The van der Waals surface area contributed by atoms with Gasteiger partial charge in [0.15, 0.2) is 0 Å². The Bertz CT molecular complexity index is 293. The molecular formula is C15H28N2O2. The zero-order chi connectivity index (χ0) is 13.8. The first-order chi connectivity index (χ1) is 9.11. The summed E-state index contributed by atoms with van der Waals surface area (Å²) in [5, 5.41) is 9.16. The molecule has 2 rings (SSSR count). The maximum atomic E-state index is 12.5. The Kier molecular flexibility index (Phi) is 5.22. The van der Waals surface area contributed by atoms with Crippen molar-refractivity contribution in [1.82, 2.24) is 9.80 Å². The lowest BCUT2D eigenvalue weighted by Crippen LogP contribution is -2.51. The molecule has 2 fully saturated rings. The van der Waals surface area contributed by atoms with Crippen LogP contribution in [-0.4, -0.2) is 59.6 Å². The number of hydrogen-bond donors (Lipinski definition) is 1. The minimum Gasteiger partial charge on any atom is -0.396 e. The maximum absolute atomic E-state index is 12.5. The fourth-order valence-electron chi connectivity index (χ4n) is 3.17. The van der Waals surface area contributed by atoms with Crippen molar-refractivity contribution in [2.75, 3.05) is 32.8 Å². The Morgan fingerprint density at radius 3 is 2.26 bits per heavy atom. The largest absolute Gasteiger partial charge is 0.396 e. The molecule has 1 amide bonds. The van der Waals surface area contributed by atoms with Gasteiger partial charge in [0.2, 0.25) is 5.91 Å². The van der Waals surface area contributed by atoms with Gasteiger partial charge in [0.05, 0.1) is 6.04 Å². The van der Waals surface area contributed by atoms with E-state index in [1.165, 1.54) is 0 Å². The molecular weight excluding hydrogens is 240 g/mol. The van der Waals surface area contributed by atoms with Crippen molar-refractivity contribution >= 4 is 5.91 Å². The van der Waals surface area contributed by atoms with Crippen molar-refractivity contribution in [3.63, 3.8) is 0 Å². The number of carbonyl (C=O) groups is 1. The Labute approximate surface area is 116 Å². The molecule has 0 spiro atoms. The smallest absolute Gasteiger partial charge is 0.239 e. The van der Waals surface area contributed by atoms with E-state index in [1.54, 1.807) is 0 Å². The molecule has 2 heterocycles. The SMILES string of the molecule is CC1CCN(C(=O)C(C)N2CCC(CO)CC2)CC1. The molecule has 0 bridgehead atoms. The van der Waals surface area contributed by atoms with E-state index >= 15 is 0 Å². The van der Waals surface area contributed by atoms with Crippen LogP contribution in [0.4, 0.5) is 0 Å². The van der Waals surface area contributed by atoms with Crippen LogP contribution in [0, 0.1) is 11.8 Å². The van der Waals surface area contributed by atoms with Crippen LogP contribution in [0.25, 0.3) is 0 Å². The summed E-state index contributed by atoms with van der Waals surface area (Å²) in [5.41, 5.74) is 0. The van der Waals surface area contributed by atoms with E-state index in [0.29, 0.717) is 18.4 Å². The number of piperidine rings is 2. The molecule has 0 saturated carbocycles. The minimum absolute atomic E-state index is 0.00745. The summed E-state index contributed by atoms with van der Waals surface area (Å²) >= 11 is 0. The van der Waals surface area contributed by atoms with Crippen LogP contribution in [-0.2, 0) is 4.79 Å². The average Bonchev–Trinajstić information content (AvgIpc) is 2.46. The molecule has 0 aromatic carbocycles. The second kappa shape index (κ2) is 6.71. The second-order valence-corrected chi connectivity index (χ2v) is 6.35. The Balaban J connectivity index is 1.82. The van der Waals surface area contributed by atoms with Gasteiger partial charge < -0.3 is 10.0 Å². The van der Waals surface area contributed by atoms with Gasteiger partial charge in [0.1, 0.15) is 0 Å². The highest BCUT2D eigenvalue weighted by Gasteiger charge is 2.30. The Hall–Kier alpha value is -0.610. The molecule has 0 radical (unpaired) electrons. The summed E-state index contributed by atoms with van der Waals surface area (Å²) in [6, 6.07) is 0.00745. The molecule has 2 aliphatic rings. The molecule has 1 unspecified atom stereocenters. The first-order valence-electron chi connectivity index (χ1n) is 7.75. The third-order valence-corrected chi connectivity index (χ3v) is 4.91. The van der Waals surface area contributed by atoms with Crippen LogP contribution < -0.4 is 0 Å². The number of nitrogens with zero attached hydrogens (tertiary/aromatic N) is 2. The molecule has 1 atom stereocenters. The fourth-order valence-corrected chi connectivity index (χ4v) is 3.17. The van der Waals surface area contributed by atoms with Crippen molar-refractivity contribution in [2.24, 2.45) is 11.8 Å². The molecule has 1 N–H and O–H groups in total. The summed E-state index contributed by atoms with van der Waals surface area (Å²) in [7, 11) is 0. The predicted octanol–water partition coefficient (Wildman–Crippen LogP) is 1.34. The van der Waals surface area contributed by atoms with E-state index in [-0.39, 0.29) is 6.04 Å². The van der Waals surface area contributed by atoms with Gasteiger partial charge in [-0.15, -0.1) is 0 Å². The summed E-state index contributed by atoms with van der Waals surface area (Å²) in [6.07, 6.45) is 4.33. The van der Waals surface area contributed by atoms with Crippen LogP contribution in [0.5, 0.6) is 0 Å². The van der Waals surface area contributed by atoms with Crippen LogP contribution in [0.2, 0.25) is 0 Å². The molecule has 0 aromatic rings. The molecule has 2 aliphatic heterocycles. The summed E-state index contributed by atoms with van der Waals surface area (Å²) < 4.78 is 0. The highest BCUT2D eigenvalue weighted by Crippen LogP contribution is 2.21.